The Morgan fingerprint density at radius 1 is 1.32 bits per heavy atom. The summed E-state index contributed by atoms with van der Waals surface area (Å²) in [4.78, 5) is 15.4. The molecule has 2 rings (SSSR count). The van der Waals surface area contributed by atoms with E-state index in [1.807, 2.05) is 0 Å². The number of halogens is 1. The van der Waals surface area contributed by atoms with E-state index in [1.165, 1.54) is 43.2 Å². The highest BCUT2D eigenvalue weighted by Crippen LogP contribution is 2.12. The molecule has 1 aromatic heterocycles. The van der Waals surface area contributed by atoms with Crippen LogP contribution in [0.15, 0.2) is 24.3 Å². The van der Waals surface area contributed by atoms with Gasteiger partial charge in [0.2, 0.25) is 0 Å². The van der Waals surface area contributed by atoms with Gasteiger partial charge in [0.05, 0.1) is 12.8 Å². The summed E-state index contributed by atoms with van der Waals surface area (Å²) in [6, 6.07) is 5.66. The Hall–Kier alpha value is -2.28. The maximum Gasteiger partial charge on any atom is 0.377 e. The average molecular weight is 265 g/mol. The van der Waals surface area contributed by atoms with E-state index in [2.05, 4.69) is 14.8 Å². The molecular weight excluding hydrogens is 253 g/mol. The summed E-state index contributed by atoms with van der Waals surface area (Å²) >= 11 is 0. The van der Waals surface area contributed by atoms with Crippen molar-refractivity contribution >= 4 is 5.97 Å². The van der Waals surface area contributed by atoms with Gasteiger partial charge in [-0.2, -0.15) is 0 Å². The van der Waals surface area contributed by atoms with Gasteiger partial charge in [0.1, 0.15) is 12.4 Å². The molecule has 0 unspecified atom stereocenters. The predicted molar refractivity (Wildman–Crippen MR) is 63.4 cm³/mol. The normalized spacial score (nSPS) is 10.5. The number of esters is 1. The van der Waals surface area contributed by atoms with Gasteiger partial charge in [-0.1, -0.05) is 0 Å². The Morgan fingerprint density at radius 3 is 2.58 bits per heavy atom. The van der Waals surface area contributed by atoms with Gasteiger partial charge in [-0.05, 0) is 24.3 Å². The smallest absolute Gasteiger partial charge is 0.377 e. The van der Waals surface area contributed by atoms with Crippen molar-refractivity contribution in [2.24, 2.45) is 0 Å². The van der Waals surface area contributed by atoms with Gasteiger partial charge < -0.3 is 9.47 Å². The molecule has 0 aliphatic rings. The Bertz CT molecular complexity index is 580. The van der Waals surface area contributed by atoms with Gasteiger partial charge in [0, 0.05) is 7.11 Å². The maximum absolute atomic E-state index is 12.9. The Balaban J connectivity index is 2.45. The standard InChI is InChI=1S/C12H12FN3O3/c1-18-7-10-14-11(12(17)19-2)15-16(10)9-5-3-8(13)4-6-9/h3-6H,7H2,1-2H3. The first kappa shape index (κ1) is 13.2. The van der Waals surface area contributed by atoms with E-state index in [9.17, 15) is 9.18 Å². The van der Waals surface area contributed by atoms with Crippen molar-refractivity contribution in [2.45, 2.75) is 6.61 Å². The van der Waals surface area contributed by atoms with Crippen molar-refractivity contribution in [3.8, 4) is 5.69 Å². The summed E-state index contributed by atoms with van der Waals surface area (Å²) in [5.74, 6) is -0.642. The maximum atomic E-state index is 12.9. The average Bonchev–Trinajstić information content (AvgIpc) is 2.83. The summed E-state index contributed by atoms with van der Waals surface area (Å²) < 4.78 is 23.9. The van der Waals surface area contributed by atoms with Crippen LogP contribution < -0.4 is 0 Å². The van der Waals surface area contributed by atoms with Gasteiger partial charge in [0.25, 0.3) is 5.82 Å². The van der Waals surface area contributed by atoms with E-state index in [0.29, 0.717) is 11.5 Å². The van der Waals surface area contributed by atoms with Crippen molar-refractivity contribution in [3.05, 3.63) is 41.7 Å². The van der Waals surface area contributed by atoms with Crippen LogP contribution in [0.3, 0.4) is 0 Å². The van der Waals surface area contributed by atoms with Crippen molar-refractivity contribution in [2.75, 3.05) is 14.2 Å². The summed E-state index contributed by atoms with van der Waals surface area (Å²) in [7, 11) is 2.75. The molecule has 0 spiro atoms. The lowest BCUT2D eigenvalue weighted by molar-refractivity contribution is 0.0586. The molecule has 0 amide bonds. The zero-order valence-corrected chi connectivity index (χ0v) is 10.5. The zero-order chi connectivity index (χ0) is 13.8. The molecule has 7 heteroatoms. The number of aromatic nitrogens is 3. The van der Waals surface area contributed by atoms with Crippen LogP contribution in [0.1, 0.15) is 16.4 Å². The highest BCUT2D eigenvalue weighted by Gasteiger charge is 2.17. The van der Waals surface area contributed by atoms with Crippen LogP contribution in [0.4, 0.5) is 4.39 Å². The molecule has 1 aromatic carbocycles. The first-order valence-corrected chi connectivity index (χ1v) is 5.45. The van der Waals surface area contributed by atoms with E-state index in [4.69, 9.17) is 4.74 Å². The lowest BCUT2D eigenvalue weighted by Gasteiger charge is -2.04. The fraction of sp³-hybridized carbons (Fsp3) is 0.250. The number of carbonyl (C=O) groups excluding carboxylic acids is 1. The molecule has 0 radical (unpaired) electrons. The molecule has 0 N–H and O–H groups in total. The third-order valence-corrected chi connectivity index (χ3v) is 2.39. The summed E-state index contributed by atoms with van der Waals surface area (Å²) in [5.41, 5.74) is 0.580. The van der Waals surface area contributed by atoms with Gasteiger partial charge in [0.15, 0.2) is 5.82 Å². The fourth-order valence-electron chi connectivity index (χ4n) is 1.53. The first-order chi connectivity index (χ1) is 9.15. The molecular formula is C12H12FN3O3. The van der Waals surface area contributed by atoms with Crippen LogP contribution in [0, 0.1) is 5.82 Å². The molecule has 100 valence electrons. The number of carbonyl (C=O) groups is 1. The van der Waals surface area contributed by atoms with Crippen LogP contribution in [0.5, 0.6) is 0 Å². The van der Waals surface area contributed by atoms with Crippen LogP contribution in [0.25, 0.3) is 5.69 Å². The summed E-state index contributed by atoms with van der Waals surface area (Å²) in [6.07, 6.45) is 0. The minimum absolute atomic E-state index is 0.0705. The summed E-state index contributed by atoms with van der Waals surface area (Å²) in [5, 5.41) is 4.03. The van der Waals surface area contributed by atoms with Crippen LogP contribution >= 0.6 is 0 Å². The largest absolute Gasteiger partial charge is 0.463 e. The minimum atomic E-state index is -0.641. The SMILES string of the molecule is COCc1nc(C(=O)OC)nn1-c1ccc(F)cc1. The molecule has 1 heterocycles. The van der Waals surface area contributed by atoms with Gasteiger partial charge >= 0.3 is 5.97 Å². The van der Waals surface area contributed by atoms with Crippen LogP contribution in [0.2, 0.25) is 0 Å². The molecule has 0 bridgehead atoms. The predicted octanol–water partition coefficient (Wildman–Crippen LogP) is 1.34. The lowest BCUT2D eigenvalue weighted by Crippen LogP contribution is -2.05. The molecule has 6 nitrogen and oxygen atoms in total. The molecule has 0 saturated heterocycles. The van der Waals surface area contributed by atoms with E-state index >= 15 is 0 Å². The van der Waals surface area contributed by atoms with Crippen LogP contribution in [-0.2, 0) is 16.1 Å². The van der Waals surface area contributed by atoms with Crippen molar-refractivity contribution in [3.63, 3.8) is 0 Å². The number of benzene rings is 1. The molecule has 0 atom stereocenters. The van der Waals surface area contributed by atoms with Crippen LogP contribution in [-0.4, -0.2) is 35.0 Å². The Kier molecular flexibility index (Phi) is 3.86. The van der Waals surface area contributed by atoms with E-state index < -0.39 is 5.97 Å². The molecule has 0 aliphatic heterocycles. The van der Waals surface area contributed by atoms with Crippen molar-refractivity contribution < 1.29 is 18.7 Å². The lowest BCUT2D eigenvalue weighted by atomic mass is 10.3. The Morgan fingerprint density at radius 2 is 2.00 bits per heavy atom. The molecule has 0 saturated carbocycles. The van der Waals surface area contributed by atoms with Gasteiger partial charge in [-0.3, -0.25) is 0 Å². The number of methoxy groups -OCH3 is 2. The first-order valence-electron chi connectivity index (χ1n) is 5.45. The van der Waals surface area contributed by atoms with E-state index in [1.54, 1.807) is 0 Å². The highest BCUT2D eigenvalue weighted by molar-refractivity contribution is 5.84. The van der Waals surface area contributed by atoms with Gasteiger partial charge in [-0.25, -0.2) is 18.9 Å². The minimum Gasteiger partial charge on any atom is -0.463 e. The van der Waals surface area contributed by atoms with Crippen molar-refractivity contribution in [1.82, 2.24) is 14.8 Å². The second-order valence-electron chi connectivity index (χ2n) is 3.66. The second-order valence-corrected chi connectivity index (χ2v) is 3.66. The number of hydrogen-bond donors (Lipinski definition) is 0. The Labute approximate surface area is 108 Å². The topological polar surface area (TPSA) is 66.2 Å². The van der Waals surface area contributed by atoms with Gasteiger partial charge in [-0.15, -0.1) is 5.10 Å². The third-order valence-electron chi connectivity index (χ3n) is 2.39. The second kappa shape index (κ2) is 5.57. The summed E-state index contributed by atoms with van der Waals surface area (Å²) in [6.45, 7) is 0.168. The molecule has 19 heavy (non-hydrogen) atoms. The molecule has 2 aromatic rings. The molecule has 0 aliphatic carbocycles. The van der Waals surface area contributed by atoms with Crippen molar-refractivity contribution in [1.29, 1.82) is 0 Å². The molecule has 0 fully saturated rings. The monoisotopic (exact) mass is 265 g/mol. The number of rotatable bonds is 4. The zero-order valence-electron chi connectivity index (χ0n) is 10.5. The van der Waals surface area contributed by atoms with E-state index in [-0.39, 0.29) is 18.2 Å². The third kappa shape index (κ3) is 2.76. The van der Waals surface area contributed by atoms with E-state index in [0.717, 1.165) is 0 Å². The quantitative estimate of drug-likeness (QED) is 0.780. The highest BCUT2D eigenvalue weighted by atomic mass is 19.1. The number of nitrogens with zero attached hydrogens (tertiary/aromatic N) is 3. The number of hydrogen-bond acceptors (Lipinski definition) is 5. The fourth-order valence-corrected chi connectivity index (χ4v) is 1.53. The number of ether oxygens (including phenoxy) is 2.